The number of hydrogen-bond donors (Lipinski definition) is 0. The van der Waals surface area contributed by atoms with E-state index in [2.05, 4.69) is 0 Å². The van der Waals surface area contributed by atoms with Crippen molar-refractivity contribution in [1.82, 2.24) is 4.90 Å². The van der Waals surface area contributed by atoms with Gasteiger partial charge in [0.1, 0.15) is 0 Å². The van der Waals surface area contributed by atoms with Crippen LogP contribution in [0.25, 0.3) is 0 Å². The van der Waals surface area contributed by atoms with E-state index in [-0.39, 0.29) is 54.5 Å². The predicted octanol–water partition coefficient (Wildman–Crippen LogP) is 2.80. The van der Waals surface area contributed by atoms with Crippen molar-refractivity contribution in [2.75, 3.05) is 20.3 Å². The van der Waals surface area contributed by atoms with Gasteiger partial charge >= 0.3 is 11.7 Å². The van der Waals surface area contributed by atoms with E-state index >= 15 is 0 Å². The first-order valence-electron chi connectivity index (χ1n) is 8.14. The highest BCUT2D eigenvalue weighted by atomic mass is 16.6. The molecule has 0 bridgehead atoms. The highest BCUT2D eigenvalue weighted by molar-refractivity contribution is 5.95. The third kappa shape index (κ3) is 5.44. The first-order valence-corrected chi connectivity index (χ1v) is 8.14. The number of carbonyl (C=O) groups is 2. The van der Waals surface area contributed by atoms with Crippen LogP contribution in [0.1, 0.15) is 44.0 Å². The van der Waals surface area contributed by atoms with E-state index in [0.717, 1.165) is 0 Å². The number of nitro benzene ring substituents is 1. The highest BCUT2D eigenvalue weighted by Gasteiger charge is 2.24. The second kappa shape index (κ2) is 9.61. The summed E-state index contributed by atoms with van der Waals surface area (Å²) < 4.78 is 9.84. The molecular weight excluding hydrogens is 328 g/mol. The van der Waals surface area contributed by atoms with E-state index in [4.69, 9.17) is 9.47 Å². The molecule has 0 aliphatic rings. The number of rotatable bonds is 9. The summed E-state index contributed by atoms with van der Waals surface area (Å²) in [7, 11) is 1.33. The number of carbonyl (C=O) groups excluding carboxylic acids is 2. The fraction of sp³-hybridized carbons (Fsp3) is 0.529. The Bertz CT molecular complexity index is 632. The maximum absolute atomic E-state index is 12.8. The average molecular weight is 352 g/mol. The van der Waals surface area contributed by atoms with E-state index < -0.39 is 4.92 Å². The molecule has 25 heavy (non-hydrogen) atoms. The minimum absolute atomic E-state index is 0.0716. The molecule has 0 fully saturated rings. The van der Waals surface area contributed by atoms with Gasteiger partial charge in [0.15, 0.2) is 5.75 Å². The number of ether oxygens (including phenoxy) is 2. The molecule has 1 rings (SSSR count). The fourth-order valence-electron chi connectivity index (χ4n) is 2.32. The summed E-state index contributed by atoms with van der Waals surface area (Å²) >= 11 is 0. The molecule has 0 aliphatic heterocycles. The Balaban J connectivity index is 3.06. The Labute approximate surface area is 146 Å². The number of nitro groups is 1. The molecule has 0 spiro atoms. The van der Waals surface area contributed by atoms with Crippen molar-refractivity contribution < 1.29 is 24.0 Å². The molecule has 0 aromatic heterocycles. The Morgan fingerprint density at radius 3 is 2.52 bits per heavy atom. The predicted molar refractivity (Wildman–Crippen MR) is 91.7 cm³/mol. The summed E-state index contributed by atoms with van der Waals surface area (Å²) in [4.78, 5) is 36.5. The van der Waals surface area contributed by atoms with Crippen molar-refractivity contribution in [2.24, 2.45) is 0 Å². The molecule has 0 aliphatic carbocycles. The van der Waals surface area contributed by atoms with E-state index in [1.54, 1.807) is 6.92 Å². The molecule has 1 aromatic carbocycles. The number of amides is 1. The van der Waals surface area contributed by atoms with Gasteiger partial charge < -0.3 is 14.4 Å². The summed E-state index contributed by atoms with van der Waals surface area (Å²) in [5.74, 6) is -0.670. The minimum atomic E-state index is -0.595. The van der Waals surface area contributed by atoms with E-state index in [0.29, 0.717) is 6.42 Å². The van der Waals surface area contributed by atoms with Gasteiger partial charge in [-0.15, -0.1) is 0 Å². The smallest absolute Gasteiger partial charge is 0.311 e. The van der Waals surface area contributed by atoms with E-state index in [1.807, 2.05) is 13.8 Å². The topological polar surface area (TPSA) is 99.0 Å². The third-order valence-electron chi connectivity index (χ3n) is 3.87. The van der Waals surface area contributed by atoms with Crippen molar-refractivity contribution in [3.8, 4) is 5.75 Å². The lowest BCUT2D eigenvalue weighted by Crippen LogP contribution is -2.40. The lowest BCUT2D eigenvalue weighted by atomic mass is 10.1. The van der Waals surface area contributed by atoms with Crippen molar-refractivity contribution in [3.63, 3.8) is 0 Å². The fourth-order valence-corrected chi connectivity index (χ4v) is 2.32. The Kier molecular flexibility index (Phi) is 7.84. The number of esters is 1. The van der Waals surface area contributed by atoms with Crippen LogP contribution in [0.5, 0.6) is 5.75 Å². The number of benzene rings is 1. The third-order valence-corrected chi connectivity index (χ3v) is 3.87. The van der Waals surface area contributed by atoms with Crippen LogP contribution in [-0.4, -0.2) is 48.0 Å². The summed E-state index contributed by atoms with van der Waals surface area (Å²) in [6.07, 6.45) is 0.759. The van der Waals surface area contributed by atoms with Gasteiger partial charge in [-0.3, -0.25) is 19.7 Å². The normalized spacial score (nSPS) is 11.5. The summed E-state index contributed by atoms with van der Waals surface area (Å²) in [6.45, 7) is 5.96. The molecule has 0 saturated carbocycles. The van der Waals surface area contributed by atoms with Crippen LogP contribution in [0.2, 0.25) is 0 Å². The van der Waals surface area contributed by atoms with Crippen molar-refractivity contribution in [3.05, 3.63) is 33.9 Å². The monoisotopic (exact) mass is 352 g/mol. The van der Waals surface area contributed by atoms with Crippen molar-refractivity contribution in [1.29, 1.82) is 0 Å². The Hall–Kier alpha value is -2.64. The molecule has 8 nitrogen and oxygen atoms in total. The van der Waals surface area contributed by atoms with Gasteiger partial charge in [0.05, 0.1) is 25.1 Å². The van der Waals surface area contributed by atoms with Crippen molar-refractivity contribution >= 4 is 17.6 Å². The van der Waals surface area contributed by atoms with E-state index in [1.165, 1.54) is 30.2 Å². The SMILES string of the molecule is CCOC(=O)CCN(C(=O)c1ccc(OC)c([N+](=O)[O-])c1)C(C)CC. The quantitative estimate of drug-likeness (QED) is 0.385. The van der Waals surface area contributed by atoms with E-state index in [9.17, 15) is 19.7 Å². The summed E-state index contributed by atoms with van der Waals surface area (Å²) in [5.41, 5.74) is -0.0977. The lowest BCUT2D eigenvalue weighted by molar-refractivity contribution is -0.385. The van der Waals surface area contributed by atoms with Crippen LogP contribution in [0.3, 0.4) is 0 Å². The van der Waals surface area contributed by atoms with Crippen LogP contribution in [0.4, 0.5) is 5.69 Å². The first kappa shape index (κ1) is 20.4. The van der Waals surface area contributed by atoms with Gasteiger partial charge in [0.25, 0.3) is 5.91 Å². The zero-order valence-electron chi connectivity index (χ0n) is 15.0. The summed E-state index contributed by atoms with van der Waals surface area (Å²) in [6, 6.07) is 3.95. The number of methoxy groups -OCH3 is 1. The molecule has 1 atom stereocenters. The Morgan fingerprint density at radius 1 is 1.32 bits per heavy atom. The first-order chi connectivity index (χ1) is 11.8. The maximum Gasteiger partial charge on any atom is 0.311 e. The number of nitrogens with zero attached hydrogens (tertiary/aromatic N) is 2. The van der Waals surface area contributed by atoms with Crippen LogP contribution in [0.15, 0.2) is 18.2 Å². The van der Waals surface area contributed by atoms with Crippen LogP contribution >= 0.6 is 0 Å². The Morgan fingerprint density at radius 2 is 2.00 bits per heavy atom. The van der Waals surface area contributed by atoms with Crippen LogP contribution < -0.4 is 4.74 Å². The molecule has 0 saturated heterocycles. The van der Waals surface area contributed by atoms with Crippen LogP contribution in [-0.2, 0) is 9.53 Å². The molecular formula is C17H24N2O6. The molecule has 0 N–H and O–H groups in total. The van der Waals surface area contributed by atoms with Gasteiger partial charge in [-0.2, -0.15) is 0 Å². The highest BCUT2D eigenvalue weighted by Crippen LogP contribution is 2.28. The van der Waals surface area contributed by atoms with Crippen molar-refractivity contribution in [2.45, 2.75) is 39.7 Å². The van der Waals surface area contributed by atoms with Gasteiger partial charge in [-0.05, 0) is 32.4 Å². The molecule has 1 aromatic rings. The summed E-state index contributed by atoms with van der Waals surface area (Å²) in [5, 5.41) is 11.1. The number of hydrogen-bond acceptors (Lipinski definition) is 6. The standard InChI is InChI=1S/C17H24N2O6/c1-5-12(3)18(10-9-16(20)25-6-2)17(21)13-7-8-15(24-4)14(11-13)19(22)23/h7-8,11-12H,5-6,9-10H2,1-4H3. The minimum Gasteiger partial charge on any atom is -0.490 e. The molecule has 0 heterocycles. The maximum atomic E-state index is 12.8. The van der Waals surface area contributed by atoms with Gasteiger partial charge in [-0.25, -0.2) is 0 Å². The van der Waals surface area contributed by atoms with Gasteiger partial charge in [-0.1, -0.05) is 6.92 Å². The van der Waals surface area contributed by atoms with Crippen LogP contribution in [0, 0.1) is 10.1 Å². The molecule has 1 unspecified atom stereocenters. The molecule has 8 heteroatoms. The van der Waals surface area contributed by atoms with Gasteiger partial charge in [0, 0.05) is 24.2 Å². The molecule has 0 radical (unpaired) electrons. The zero-order valence-corrected chi connectivity index (χ0v) is 15.0. The lowest BCUT2D eigenvalue weighted by Gasteiger charge is -2.28. The molecule has 138 valence electrons. The second-order valence-corrected chi connectivity index (χ2v) is 5.45. The zero-order chi connectivity index (χ0) is 19.0. The molecule has 1 amide bonds. The van der Waals surface area contributed by atoms with Gasteiger partial charge in [0.2, 0.25) is 0 Å². The average Bonchev–Trinajstić information content (AvgIpc) is 2.60. The second-order valence-electron chi connectivity index (χ2n) is 5.45. The largest absolute Gasteiger partial charge is 0.490 e.